The van der Waals surface area contributed by atoms with Gasteiger partial charge < -0.3 is 19.7 Å². The first kappa shape index (κ1) is 20.7. The molecule has 4 nitrogen and oxygen atoms in total. The van der Waals surface area contributed by atoms with Crippen LogP contribution in [-0.2, 0) is 13.2 Å². The van der Waals surface area contributed by atoms with Crippen molar-refractivity contribution in [1.29, 1.82) is 0 Å². The van der Waals surface area contributed by atoms with Gasteiger partial charge >= 0.3 is 0 Å². The second-order valence-corrected chi connectivity index (χ2v) is 7.30. The first-order chi connectivity index (χ1) is 12.6. The molecule has 0 aromatic heterocycles. The van der Waals surface area contributed by atoms with Crippen molar-refractivity contribution in [2.24, 2.45) is 0 Å². The van der Waals surface area contributed by atoms with Crippen molar-refractivity contribution in [3.63, 3.8) is 0 Å². The Bertz CT molecular complexity index is 663. The summed E-state index contributed by atoms with van der Waals surface area (Å²) in [5.74, 6) is 1.54. The molecule has 0 saturated heterocycles. The summed E-state index contributed by atoms with van der Waals surface area (Å²) in [5.41, 5.74) is 2.31. The molecule has 2 aromatic carbocycles. The van der Waals surface area contributed by atoms with Crippen LogP contribution in [-0.4, -0.2) is 38.7 Å². The minimum atomic E-state index is 0.516. The second kappa shape index (κ2) is 11.2. The SMILES string of the molecule is CCOc1cc(CNCCCN(C)C)cc(Br)c1OCc1ccccc1. The van der Waals surface area contributed by atoms with Crippen molar-refractivity contribution in [3.8, 4) is 11.5 Å². The molecule has 0 unspecified atom stereocenters. The number of hydrogen-bond acceptors (Lipinski definition) is 4. The normalized spacial score (nSPS) is 11.0. The van der Waals surface area contributed by atoms with E-state index in [9.17, 15) is 0 Å². The average molecular weight is 421 g/mol. The molecule has 5 heteroatoms. The van der Waals surface area contributed by atoms with Crippen molar-refractivity contribution in [2.45, 2.75) is 26.5 Å². The molecule has 0 aliphatic carbocycles. The average Bonchev–Trinajstić information content (AvgIpc) is 2.61. The van der Waals surface area contributed by atoms with Gasteiger partial charge in [-0.05, 0) is 79.7 Å². The molecule has 1 N–H and O–H groups in total. The smallest absolute Gasteiger partial charge is 0.175 e. The van der Waals surface area contributed by atoms with Crippen LogP contribution in [0.1, 0.15) is 24.5 Å². The van der Waals surface area contributed by atoms with Gasteiger partial charge in [0.25, 0.3) is 0 Å². The highest BCUT2D eigenvalue weighted by atomic mass is 79.9. The quantitative estimate of drug-likeness (QED) is 0.543. The third-order valence-corrected chi connectivity index (χ3v) is 4.47. The molecule has 0 radical (unpaired) electrons. The molecule has 0 spiro atoms. The molecular weight excluding hydrogens is 392 g/mol. The Morgan fingerprint density at radius 3 is 2.50 bits per heavy atom. The minimum Gasteiger partial charge on any atom is -0.490 e. The monoisotopic (exact) mass is 420 g/mol. The van der Waals surface area contributed by atoms with Gasteiger partial charge in [-0.15, -0.1) is 0 Å². The Hall–Kier alpha value is -1.56. The summed E-state index contributed by atoms with van der Waals surface area (Å²) in [4.78, 5) is 2.20. The van der Waals surface area contributed by atoms with Crippen molar-refractivity contribution < 1.29 is 9.47 Å². The van der Waals surface area contributed by atoms with E-state index in [1.165, 1.54) is 5.56 Å². The van der Waals surface area contributed by atoms with Crippen LogP contribution in [0.2, 0.25) is 0 Å². The van der Waals surface area contributed by atoms with Crippen molar-refractivity contribution in [2.75, 3.05) is 33.8 Å². The minimum absolute atomic E-state index is 0.516. The van der Waals surface area contributed by atoms with Gasteiger partial charge in [0.2, 0.25) is 0 Å². The van der Waals surface area contributed by atoms with Crippen LogP contribution in [0.25, 0.3) is 0 Å². The van der Waals surface area contributed by atoms with E-state index >= 15 is 0 Å². The predicted octanol–water partition coefficient (Wildman–Crippen LogP) is 4.47. The highest BCUT2D eigenvalue weighted by molar-refractivity contribution is 9.10. The molecule has 0 heterocycles. The summed E-state index contributed by atoms with van der Waals surface area (Å²) in [5, 5.41) is 3.49. The fraction of sp³-hybridized carbons (Fsp3) is 0.429. The lowest BCUT2D eigenvalue weighted by Gasteiger charge is -2.16. The molecule has 0 aliphatic rings. The number of hydrogen-bond donors (Lipinski definition) is 1. The number of nitrogens with one attached hydrogen (secondary N) is 1. The number of rotatable bonds is 11. The summed E-state index contributed by atoms with van der Waals surface area (Å²) in [6.07, 6.45) is 1.13. The zero-order valence-electron chi connectivity index (χ0n) is 15.9. The van der Waals surface area contributed by atoms with Crippen LogP contribution in [0.4, 0.5) is 0 Å². The molecule has 0 saturated carbocycles. The Morgan fingerprint density at radius 1 is 1.04 bits per heavy atom. The van der Waals surface area contributed by atoms with Crippen molar-refractivity contribution in [3.05, 3.63) is 58.1 Å². The zero-order valence-corrected chi connectivity index (χ0v) is 17.5. The molecule has 0 atom stereocenters. The highest BCUT2D eigenvalue weighted by Gasteiger charge is 2.12. The molecular formula is C21H29BrN2O2. The standard InChI is InChI=1S/C21H29BrN2O2/c1-4-25-20-14-18(15-23-11-8-12-24(2)3)13-19(22)21(20)26-16-17-9-6-5-7-10-17/h5-7,9-10,13-14,23H,4,8,11-12,15-16H2,1-3H3. The van der Waals surface area contributed by atoms with Crippen molar-refractivity contribution in [1.82, 2.24) is 10.2 Å². The molecule has 142 valence electrons. The number of halogens is 1. The van der Waals surface area contributed by atoms with Gasteiger partial charge in [0.05, 0.1) is 11.1 Å². The Kier molecular flexibility index (Phi) is 8.95. The Morgan fingerprint density at radius 2 is 1.81 bits per heavy atom. The number of benzene rings is 2. The maximum absolute atomic E-state index is 6.03. The number of nitrogens with zero attached hydrogens (tertiary/aromatic N) is 1. The van der Waals surface area contributed by atoms with Gasteiger partial charge in [0.1, 0.15) is 6.61 Å². The van der Waals surface area contributed by atoms with Gasteiger partial charge in [-0.2, -0.15) is 0 Å². The van der Waals surface area contributed by atoms with Crippen LogP contribution in [0, 0.1) is 0 Å². The first-order valence-corrected chi connectivity index (χ1v) is 9.86. The molecule has 0 fully saturated rings. The van der Waals surface area contributed by atoms with Gasteiger partial charge in [0, 0.05) is 6.54 Å². The lowest BCUT2D eigenvalue weighted by atomic mass is 10.2. The molecule has 0 aliphatic heterocycles. The van der Waals surface area contributed by atoms with Gasteiger partial charge in [-0.25, -0.2) is 0 Å². The van der Waals surface area contributed by atoms with E-state index < -0.39 is 0 Å². The maximum Gasteiger partial charge on any atom is 0.175 e. The molecule has 0 bridgehead atoms. The van der Waals surface area contributed by atoms with E-state index in [4.69, 9.17) is 9.47 Å². The van der Waals surface area contributed by atoms with Gasteiger partial charge in [-0.3, -0.25) is 0 Å². The largest absolute Gasteiger partial charge is 0.490 e. The summed E-state index contributed by atoms with van der Waals surface area (Å²) in [6.45, 7) is 6.00. The fourth-order valence-electron chi connectivity index (χ4n) is 2.61. The van der Waals surface area contributed by atoms with E-state index in [1.807, 2.05) is 25.1 Å². The number of ether oxygens (including phenoxy) is 2. The second-order valence-electron chi connectivity index (χ2n) is 6.45. The Labute approximate surface area is 165 Å². The maximum atomic E-state index is 6.03. The Balaban J connectivity index is 1.99. The lowest BCUT2D eigenvalue weighted by molar-refractivity contribution is 0.267. The van der Waals surface area contributed by atoms with E-state index in [0.717, 1.165) is 47.6 Å². The van der Waals surface area contributed by atoms with E-state index in [0.29, 0.717) is 13.2 Å². The summed E-state index contributed by atoms with van der Waals surface area (Å²) in [6, 6.07) is 14.3. The highest BCUT2D eigenvalue weighted by Crippen LogP contribution is 2.37. The van der Waals surface area contributed by atoms with Crippen LogP contribution < -0.4 is 14.8 Å². The van der Waals surface area contributed by atoms with Crippen LogP contribution in [0.5, 0.6) is 11.5 Å². The molecule has 2 rings (SSSR count). The van der Waals surface area contributed by atoms with Gasteiger partial charge in [0.15, 0.2) is 11.5 Å². The van der Waals surface area contributed by atoms with Crippen LogP contribution in [0.15, 0.2) is 46.9 Å². The van der Waals surface area contributed by atoms with E-state index in [1.54, 1.807) is 0 Å². The molecule has 0 amide bonds. The lowest BCUT2D eigenvalue weighted by Crippen LogP contribution is -2.21. The van der Waals surface area contributed by atoms with Crippen LogP contribution >= 0.6 is 15.9 Å². The zero-order chi connectivity index (χ0) is 18.8. The van der Waals surface area contributed by atoms with Gasteiger partial charge in [-0.1, -0.05) is 30.3 Å². The molecule has 2 aromatic rings. The predicted molar refractivity (Wildman–Crippen MR) is 111 cm³/mol. The fourth-order valence-corrected chi connectivity index (χ4v) is 3.21. The third-order valence-electron chi connectivity index (χ3n) is 3.88. The van der Waals surface area contributed by atoms with Crippen molar-refractivity contribution >= 4 is 15.9 Å². The summed E-state index contributed by atoms with van der Waals surface area (Å²) < 4.78 is 12.8. The third kappa shape index (κ3) is 6.98. The van der Waals surface area contributed by atoms with E-state index in [-0.39, 0.29) is 0 Å². The van der Waals surface area contributed by atoms with Crippen LogP contribution in [0.3, 0.4) is 0 Å². The first-order valence-electron chi connectivity index (χ1n) is 9.07. The topological polar surface area (TPSA) is 33.7 Å². The summed E-state index contributed by atoms with van der Waals surface area (Å²) >= 11 is 3.64. The molecule has 26 heavy (non-hydrogen) atoms. The van der Waals surface area contributed by atoms with E-state index in [2.05, 4.69) is 64.5 Å². The summed E-state index contributed by atoms with van der Waals surface area (Å²) in [7, 11) is 4.19.